The number of nitrogens with zero attached hydrogens (tertiary/aromatic N) is 1. The first-order valence-corrected chi connectivity index (χ1v) is 13.1. The van der Waals surface area contributed by atoms with E-state index in [1.54, 1.807) is 0 Å². The molecule has 5 nitrogen and oxygen atoms in total. The fraction of sp³-hybridized carbons (Fsp3) is 0.500. The van der Waals surface area contributed by atoms with Crippen molar-refractivity contribution in [2.24, 2.45) is 0 Å². The van der Waals surface area contributed by atoms with E-state index >= 15 is 4.39 Å². The van der Waals surface area contributed by atoms with E-state index in [-0.39, 0.29) is 29.4 Å². The Morgan fingerprint density at radius 3 is 2.58 bits per heavy atom. The summed E-state index contributed by atoms with van der Waals surface area (Å²) in [6.45, 7) is 4.18. The maximum absolute atomic E-state index is 15.0. The molecular formula is C24H28ClF2NO4S. The standard InChI is InChI=1S/C24H28ClF2NO4S/c25-18-3-6-21(7-4-18)33(29,30)24(22-16-19(26)5-8-23(22)27)9-1-2-20(17-24)32-15-12-28-10-13-31-14-11-28/h3-8,16,20H,1-2,9-15,17H2/t20-,24+/m1/s1. The van der Waals surface area contributed by atoms with Crippen LogP contribution in [0, 0.1) is 11.6 Å². The van der Waals surface area contributed by atoms with Crippen LogP contribution in [0.5, 0.6) is 0 Å². The average molecular weight is 500 g/mol. The Labute approximate surface area is 198 Å². The van der Waals surface area contributed by atoms with Crippen LogP contribution in [-0.4, -0.2) is 58.9 Å². The monoisotopic (exact) mass is 499 g/mol. The molecule has 2 aromatic rings. The molecule has 4 rings (SSSR count). The molecule has 0 amide bonds. The zero-order chi connectivity index (χ0) is 23.5. The summed E-state index contributed by atoms with van der Waals surface area (Å²) in [4.78, 5) is 2.26. The third-order valence-corrected chi connectivity index (χ3v) is 9.35. The molecular weight excluding hydrogens is 472 g/mol. The summed E-state index contributed by atoms with van der Waals surface area (Å²) >= 11 is 5.95. The SMILES string of the molecule is O=S(=O)(c1ccc(Cl)cc1)[C@@]1(c2cc(F)ccc2F)CCC[C@@H](OCCN2CCOCC2)C1. The second-order valence-electron chi connectivity index (χ2n) is 8.62. The van der Waals surface area contributed by atoms with Crippen molar-refractivity contribution in [3.8, 4) is 0 Å². The Morgan fingerprint density at radius 1 is 1.12 bits per heavy atom. The van der Waals surface area contributed by atoms with E-state index in [0.29, 0.717) is 44.2 Å². The van der Waals surface area contributed by atoms with Gasteiger partial charge < -0.3 is 9.47 Å². The van der Waals surface area contributed by atoms with Crippen LogP contribution >= 0.6 is 11.6 Å². The number of benzene rings is 2. The molecule has 0 radical (unpaired) electrons. The highest BCUT2D eigenvalue weighted by Gasteiger charge is 2.51. The molecule has 2 aliphatic rings. The van der Waals surface area contributed by atoms with E-state index < -0.39 is 26.2 Å². The van der Waals surface area contributed by atoms with Crippen LogP contribution in [0.1, 0.15) is 31.2 Å². The molecule has 2 atom stereocenters. The van der Waals surface area contributed by atoms with E-state index in [1.807, 2.05) is 0 Å². The first-order valence-electron chi connectivity index (χ1n) is 11.2. The zero-order valence-electron chi connectivity index (χ0n) is 18.3. The van der Waals surface area contributed by atoms with Gasteiger partial charge in [0, 0.05) is 30.2 Å². The van der Waals surface area contributed by atoms with Gasteiger partial charge in [-0.25, -0.2) is 17.2 Å². The Hall–Kier alpha value is -1.58. The highest BCUT2D eigenvalue weighted by atomic mass is 35.5. The van der Waals surface area contributed by atoms with Crippen LogP contribution in [0.4, 0.5) is 8.78 Å². The summed E-state index contributed by atoms with van der Waals surface area (Å²) in [6.07, 6.45) is 1.04. The Morgan fingerprint density at radius 2 is 1.85 bits per heavy atom. The maximum atomic E-state index is 15.0. The molecule has 0 spiro atoms. The van der Waals surface area contributed by atoms with E-state index in [1.165, 1.54) is 24.3 Å². The molecule has 1 saturated carbocycles. The van der Waals surface area contributed by atoms with E-state index in [0.717, 1.165) is 31.3 Å². The maximum Gasteiger partial charge on any atom is 0.188 e. The summed E-state index contributed by atoms with van der Waals surface area (Å²) in [7, 11) is -4.08. The van der Waals surface area contributed by atoms with Crippen LogP contribution in [0.15, 0.2) is 47.4 Å². The summed E-state index contributed by atoms with van der Waals surface area (Å²) in [6, 6.07) is 8.82. The lowest BCUT2D eigenvalue weighted by atomic mass is 9.81. The highest BCUT2D eigenvalue weighted by Crippen LogP contribution is 2.48. The van der Waals surface area contributed by atoms with Gasteiger partial charge in [-0.2, -0.15) is 0 Å². The first kappa shape index (κ1) is 24.5. The number of sulfone groups is 1. The van der Waals surface area contributed by atoms with Crippen LogP contribution in [0.25, 0.3) is 0 Å². The average Bonchev–Trinajstić information content (AvgIpc) is 2.81. The number of hydrogen-bond donors (Lipinski definition) is 0. The predicted octanol–water partition coefficient (Wildman–Crippen LogP) is 4.58. The van der Waals surface area contributed by atoms with Gasteiger partial charge >= 0.3 is 0 Å². The number of morpholine rings is 1. The minimum Gasteiger partial charge on any atom is -0.379 e. The topological polar surface area (TPSA) is 55.8 Å². The second kappa shape index (κ2) is 10.4. The van der Waals surface area contributed by atoms with E-state index in [9.17, 15) is 12.8 Å². The second-order valence-corrected chi connectivity index (χ2v) is 11.3. The first-order chi connectivity index (χ1) is 15.8. The van der Waals surface area contributed by atoms with Gasteiger partial charge in [0.25, 0.3) is 0 Å². The molecule has 2 aromatic carbocycles. The molecule has 1 heterocycles. The molecule has 0 N–H and O–H groups in total. The molecule has 1 aliphatic heterocycles. The number of hydrogen-bond acceptors (Lipinski definition) is 5. The van der Waals surface area contributed by atoms with Crippen molar-refractivity contribution in [1.82, 2.24) is 4.90 Å². The van der Waals surface area contributed by atoms with Crippen LogP contribution in [-0.2, 0) is 24.1 Å². The Kier molecular flexibility index (Phi) is 7.70. The lowest BCUT2D eigenvalue weighted by molar-refractivity contribution is -0.0140. The normalized spacial score (nSPS) is 24.6. The van der Waals surface area contributed by atoms with Crippen molar-refractivity contribution in [2.45, 2.75) is 41.4 Å². The van der Waals surface area contributed by atoms with Gasteiger partial charge in [-0.1, -0.05) is 11.6 Å². The van der Waals surface area contributed by atoms with E-state index in [4.69, 9.17) is 21.1 Å². The number of halogens is 3. The fourth-order valence-corrected chi connectivity index (χ4v) is 7.16. The van der Waals surface area contributed by atoms with Gasteiger partial charge in [-0.05, 0) is 68.1 Å². The van der Waals surface area contributed by atoms with Crippen LogP contribution in [0.3, 0.4) is 0 Å². The molecule has 2 fully saturated rings. The predicted molar refractivity (Wildman–Crippen MR) is 122 cm³/mol. The smallest absolute Gasteiger partial charge is 0.188 e. The quantitative estimate of drug-likeness (QED) is 0.558. The van der Waals surface area contributed by atoms with Crippen molar-refractivity contribution >= 4 is 21.4 Å². The minimum absolute atomic E-state index is 0.0320. The summed E-state index contributed by atoms with van der Waals surface area (Å²) < 4.78 is 66.9. The summed E-state index contributed by atoms with van der Waals surface area (Å²) in [5, 5.41) is 0.396. The highest BCUT2D eigenvalue weighted by molar-refractivity contribution is 7.92. The molecule has 1 saturated heterocycles. The van der Waals surface area contributed by atoms with Crippen molar-refractivity contribution < 1.29 is 26.7 Å². The summed E-state index contributed by atoms with van der Waals surface area (Å²) in [5.74, 6) is -1.41. The lowest BCUT2D eigenvalue weighted by Crippen LogP contribution is -2.44. The summed E-state index contributed by atoms with van der Waals surface area (Å²) in [5.41, 5.74) is -0.140. The Balaban J connectivity index is 1.64. The van der Waals surface area contributed by atoms with Gasteiger partial charge in [0.15, 0.2) is 9.84 Å². The fourth-order valence-electron chi connectivity index (χ4n) is 4.82. The third-order valence-electron chi connectivity index (χ3n) is 6.59. The molecule has 180 valence electrons. The molecule has 0 aromatic heterocycles. The minimum atomic E-state index is -4.08. The number of rotatable bonds is 7. The molecule has 1 aliphatic carbocycles. The number of ether oxygens (including phenoxy) is 2. The molecule has 0 bridgehead atoms. The largest absolute Gasteiger partial charge is 0.379 e. The molecule has 9 heteroatoms. The third kappa shape index (κ3) is 5.25. The zero-order valence-corrected chi connectivity index (χ0v) is 19.9. The van der Waals surface area contributed by atoms with Gasteiger partial charge in [-0.15, -0.1) is 0 Å². The van der Waals surface area contributed by atoms with Gasteiger partial charge in [0.2, 0.25) is 0 Å². The van der Waals surface area contributed by atoms with Crippen molar-refractivity contribution in [3.05, 3.63) is 64.7 Å². The lowest BCUT2D eigenvalue weighted by Gasteiger charge is -2.41. The van der Waals surface area contributed by atoms with Crippen LogP contribution in [0.2, 0.25) is 5.02 Å². The van der Waals surface area contributed by atoms with Crippen molar-refractivity contribution in [3.63, 3.8) is 0 Å². The van der Waals surface area contributed by atoms with Gasteiger partial charge in [0.1, 0.15) is 16.4 Å². The van der Waals surface area contributed by atoms with Gasteiger partial charge in [0.05, 0.1) is 30.8 Å². The molecule has 33 heavy (non-hydrogen) atoms. The van der Waals surface area contributed by atoms with Gasteiger partial charge in [-0.3, -0.25) is 4.90 Å². The van der Waals surface area contributed by atoms with Crippen molar-refractivity contribution in [1.29, 1.82) is 0 Å². The van der Waals surface area contributed by atoms with Crippen molar-refractivity contribution in [2.75, 3.05) is 39.5 Å². The molecule has 0 unspecified atom stereocenters. The van der Waals surface area contributed by atoms with Crippen LogP contribution < -0.4 is 0 Å². The van der Waals surface area contributed by atoms with E-state index in [2.05, 4.69) is 4.90 Å². The Bertz CT molecular complexity index is 1060.